The number of fused-ring (bicyclic) bond motifs is 1. The molecule has 2 aromatic rings. The molecule has 0 saturated carbocycles. The van der Waals surface area contributed by atoms with E-state index >= 15 is 0 Å². The van der Waals surface area contributed by atoms with Gasteiger partial charge in [0.25, 0.3) is 0 Å². The molecule has 0 N–H and O–H groups in total. The van der Waals surface area contributed by atoms with Crippen molar-refractivity contribution in [3.05, 3.63) is 29.5 Å². The van der Waals surface area contributed by atoms with Crippen LogP contribution in [0.25, 0.3) is 11.3 Å². The monoisotopic (exact) mass is 241 g/mol. The molecular weight excluding hydrogens is 230 g/mol. The first-order valence-corrected chi connectivity index (χ1v) is 5.54. The van der Waals surface area contributed by atoms with Crippen LogP contribution in [0, 0.1) is 18.3 Å². The fourth-order valence-corrected chi connectivity index (χ4v) is 2.09. The fourth-order valence-electron chi connectivity index (χ4n) is 2.09. The summed E-state index contributed by atoms with van der Waals surface area (Å²) in [7, 11) is 1.82. The number of benzene rings is 1. The number of aromatic nitrogens is 2. The van der Waals surface area contributed by atoms with E-state index in [1.165, 1.54) is 0 Å². The molecule has 0 saturated heterocycles. The van der Waals surface area contributed by atoms with E-state index in [0.717, 1.165) is 28.3 Å². The van der Waals surface area contributed by atoms with E-state index < -0.39 is 0 Å². The Hall–Kier alpha value is -2.48. The summed E-state index contributed by atoms with van der Waals surface area (Å²) in [5.41, 5.74) is 3.36. The molecule has 0 radical (unpaired) electrons. The van der Waals surface area contributed by atoms with Gasteiger partial charge in [-0.2, -0.15) is 10.4 Å². The van der Waals surface area contributed by atoms with Crippen LogP contribution in [-0.2, 0) is 7.05 Å². The lowest BCUT2D eigenvalue weighted by Gasteiger charge is -2.07. The van der Waals surface area contributed by atoms with E-state index in [4.69, 9.17) is 14.7 Å². The minimum Gasteiger partial charge on any atom is -0.454 e. The summed E-state index contributed by atoms with van der Waals surface area (Å²) in [4.78, 5) is 0. The molecule has 0 fully saturated rings. The van der Waals surface area contributed by atoms with Gasteiger partial charge in [-0.1, -0.05) is 0 Å². The molecule has 0 unspecified atom stereocenters. The molecule has 1 aromatic carbocycles. The maximum absolute atomic E-state index is 8.88. The molecule has 1 aliphatic heterocycles. The van der Waals surface area contributed by atoms with Crippen LogP contribution < -0.4 is 9.47 Å². The molecule has 18 heavy (non-hydrogen) atoms. The quantitative estimate of drug-likeness (QED) is 0.766. The summed E-state index contributed by atoms with van der Waals surface area (Å²) in [6.45, 7) is 2.25. The maximum Gasteiger partial charge on any atom is 0.231 e. The van der Waals surface area contributed by atoms with Gasteiger partial charge in [0.05, 0.1) is 5.69 Å². The average molecular weight is 241 g/mol. The van der Waals surface area contributed by atoms with Gasteiger partial charge in [-0.3, -0.25) is 4.68 Å². The Balaban J connectivity index is 2.17. The molecule has 0 bridgehead atoms. The SMILES string of the molecule is Cc1cc2c(cc1-c1cc(C#N)nn1C)OCO2. The second kappa shape index (κ2) is 3.77. The van der Waals surface area contributed by atoms with Crippen LogP contribution >= 0.6 is 0 Å². The lowest BCUT2D eigenvalue weighted by molar-refractivity contribution is 0.174. The third-order valence-electron chi connectivity index (χ3n) is 2.99. The van der Waals surface area contributed by atoms with Crippen LogP contribution in [0.5, 0.6) is 11.5 Å². The van der Waals surface area contributed by atoms with Crippen molar-refractivity contribution in [1.29, 1.82) is 5.26 Å². The molecule has 3 rings (SSSR count). The van der Waals surface area contributed by atoms with E-state index in [2.05, 4.69) is 5.10 Å². The van der Waals surface area contributed by atoms with Gasteiger partial charge in [0.1, 0.15) is 6.07 Å². The molecule has 0 aliphatic carbocycles. The zero-order valence-corrected chi connectivity index (χ0v) is 10.1. The van der Waals surface area contributed by atoms with Gasteiger partial charge in [0, 0.05) is 18.7 Å². The van der Waals surface area contributed by atoms with Crippen LogP contribution in [0.3, 0.4) is 0 Å². The van der Waals surface area contributed by atoms with E-state index in [9.17, 15) is 0 Å². The van der Waals surface area contributed by atoms with Crippen LogP contribution in [0.4, 0.5) is 0 Å². The highest BCUT2D eigenvalue weighted by Gasteiger charge is 2.18. The van der Waals surface area contributed by atoms with Gasteiger partial charge >= 0.3 is 0 Å². The van der Waals surface area contributed by atoms with Crippen LogP contribution in [-0.4, -0.2) is 16.6 Å². The second-order valence-corrected chi connectivity index (χ2v) is 4.17. The second-order valence-electron chi connectivity index (χ2n) is 4.17. The zero-order valence-electron chi connectivity index (χ0n) is 10.1. The van der Waals surface area contributed by atoms with Crippen molar-refractivity contribution in [3.63, 3.8) is 0 Å². The summed E-state index contributed by atoms with van der Waals surface area (Å²) >= 11 is 0. The van der Waals surface area contributed by atoms with Gasteiger partial charge in [0.15, 0.2) is 17.2 Å². The number of nitriles is 1. The van der Waals surface area contributed by atoms with Crippen LogP contribution in [0.2, 0.25) is 0 Å². The highest BCUT2D eigenvalue weighted by atomic mass is 16.7. The third kappa shape index (κ3) is 1.51. The minimum atomic E-state index is 0.257. The highest BCUT2D eigenvalue weighted by molar-refractivity contribution is 5.69. The van der Waals surface area contributed by atoms with Crippen LogP contribution in [0.1, 0.15) is 11.3 Å². The smallest absolute Gasteiger partial charge is 0.231 e. The molecule has 1 aliphatic rings. The first-order chi connectivity index (χ1) is 8.69. The molecule has 5 heteroatoms. The number of aryl methyl sites for hydroxylation is 2. The van der Waals surface area contributed by atoms with E-state index in [1.807, 2.05) is 32.2 Å². The summed E-state index contributed by atoms with van der Waals surface area (Å²) in [6.07, 6.45) is 0. The number of nitrogens with zero attached hydrogens (tertiary/aromatic N) is 3. The first kappa shape index (κ1) is 10.7. The summed E-state index contributed by atoms with van der Waals surface area (Å²) in [5.74, 6) is 1.49. The standard InChI is InChI=1S/C13H11N3O2/c1-8-3-12-13(18-7-17-12)5-10(8)11-4-9(6-14)15-16(11)2/h3-5H,7H2,1-2H3. The van der Waals surface area contributed by atoms with Gasteiger partial charge in [-0.25, -0.2) is 0 Å². The lowest BCUT2D eigenvalue weighted by atomic mass is 10.0. The molecule has 0 spiro atoms. The van der Waals surface area contributed by atoms with Crippen molar-refractivity contribution in [2.24, 2.45) is 7.05 Å². The normalized spacial score (nSPS) is 12.5. The maximum atomic E-state index is 8.88. The van der Waals surface area contributed by atoms with Gasteiger partial charge < -0.3 is 9.47 Å². The number of hydrogen-bond acceptors (Lipinski definition) is 4. The first-order valence-electron chi connectivity index (χ1n) is 5.54. The molecule has 0 amide bonds. The van der Waals surface area contributed by atoms with Crippen molar-refractivity contribution < 1.29 is 9.47 Å². The zero-order chi connectivity index (χ0) is 12.7. The van der Waals surface area contributed by atoms with E-state index in [1.54, 1.807) is 10.7 Å². The Morgan fingerprint density at radius 2 is 2.00 bits per heavy atom. The Kier molecular flexibility index (Phi) is 2.23. The molecule has 2 heterocycles. The average Bonchev–Trinajstić information content (AvgIpc) is 2.93. The highest BCUT2D eigenvalue weighted by Crippen LogP contribution is 2.38. The van der Waals surface area contributed by atoms with Crippen molar-refractivity contribution in [2.45, 2.75) is 6.92 Å². The van der Waals surface area contributed by atoms with Gasteiger partial charge in [-0.15, -0.1) is 0 Å². The minimum absolute atomic E-state index is 0.257. The Bertz CT molecular complexity index is 668. The largest absolute Gasteiger partial charge is 0.454 e. The molecule has 1 aromatic heterocycles. The van der Waals surface area contributed by atoms with Crippen molar-refractivity contribution in [2.75, 3.05) is 6.79 Å². The van der Waals surface area contributed by atoms with Gasteiger partial charge in [0.2, 0.25) is 6.79 Å². The Morgan fingerprint density at radius 3 is 2.67 bits per heavy atom. The van der Waals surface area contributed by atoms with Crippen molar-refractivity contribution in [1.82, 2.24) is 9.78 Å². The molecule has 90 valence electrons. The molecule has 0 atom stereocenters. The van der Waals surface area contributed by atoms with Crippen LogP contribution in [0.15, 0.2) is 18.2 Å². The summed E-state index contributed by atoms with van der Waals surface area (Å²) < 4.78 is 12.4. The predicted molar refractivity (Wildman–Crippen MR) is 64.2 cm³/mol. The predicted octanol–water partition coefficient (Wildman–Crippen LogP) is 2.00. The van der Waals surface area contributed by atoms with Crippen molar-refractivity contribution in [3.8, 4) is 28.8 Å². The molecular formula is C13H11N3O2. The van der Waals surface area contributed by atoms with Crippen molar-refractivity contribution >= 4 is 0 Å². The third-order valence-corrected chi connectivity index (χ3v) is 2.99. The summed E-state index contributed by atoms with van der Waals surface area (Å²) in [6, 6.07) is 7.68. The topological polar surface area (TPSA) is 60.1 Å². The fraction of sp³-hybridized carbons (Fsp3) is 0.231. The number of ether oxygens (including phenoxy) is 2. The van der Waals surface area contributed by atoms with E-state index in [-0.39, 0.29) is 6.79 Å². The number of rotatable bonds is 1. The number of hydrogen-bond donors (Lipinski definition) is 0. The van der Waals surface area contributed by atoms with E-state index in [0.29, 0.717) is 5.69 Å². The Labute approximate surface area is 104 Å². The molecule has 5 nitrogen and oxygen atoms in total. The summed E-state index contributed by atoms with van der Waals surface area (Å²) in [5, 5.41) is 13.0. The van der Waals surface area contributed by atoms with Gasteiger partial charge in [-0.05, 0) is 24.6 Å². The Morgan fingerprint density at radius 1 is 1.28 bits per heavy atom. The lowest BCUT2D eigenvalue weighted by Crippen LogP contribution is -1.95.